The zero-order valence-electron chi connectivity index (χ0n) is 16.9. The first-order chi connectivity index (χ1) is 15.8. The fourth-order valence-electron chi connectivity index (χ4n) is 3.12. The lowest BCUT2D eigenvalue weighted by Gasteiger charge is -2.15. The van der Waals surface area contributed by atoms with Gasteiger partial charge in [-0.15, -0.1) is 0 Å². The van der Waals surface area contributed by atoms with Crippen LogP contribution in [0.5, 0.6) is 5.75 Å². The molecule has 3 aromatic rings. The monoisotopic (exact) mass is 581 g/mol. The second-order valence-corrected chi connectivity index (χ2v) is 10.2. The highest BCUT2D eigenvalue weighted by molar-refractivity contribution is 9.10. The van der Waals surface area contributed by atoms with E-state index >= 15 is 0 Å². The highest BCUT2D eigenvalue weighted by Crippen LogP contribution is 2.37. The van der Waals surface area contributed by atoms with Gasteiger partial charge in [0, 0.05) is 30.7 Å². The van der Waals surface area contributed by atoms with Crippen LogP contribution in [0.1, 0.15) is 16.7 Å². The minimum atomic E-state index is -0.412. The molecule has 2 amide bonds. The summed E-state index contributed by atoms with van der Waals surface area (Å²) in [7, 11) is 0. The van der Waals surface area contributed by atoms with E-state index in [-0.39, 0.29) is 16.7 Å². The van der Waals surface area contributed by atoms with Crippen molar-refractivity contribution >= 4 is 79.7 Å². The highest BCUT2D eigenvalue weighted by Gasteiger charge is 2.36. The molecule has 4 rings (SSSR count). The molecule has 0 aliphatic carbocycles. The van der Waals surface area contributed by atoms with Crippen LogP contribution in [0.2, 0.25) is 15.1 Å². The van der Waals surface area contributed by atoms with Gasteiger partial charge in [-0.25, -0.2) is 0 Å². The van der Waals surface area contributed by atoms with Gasteiger partial charge in [0.1, 0.15) is 12.4 Å². The first-order valence-corrected chi connectivity index (χ1v) is 12.4. The average Bonchev–Trinajstić information content (AvgIpc) is 3.04. The summed E-state index contributed by atoms with van der Waals surface area (Å²) in [5.41, 5.74) is 2.14. The molecule has 1 fully saturated rings. The molecule has 0 unspecified atom stereocenters. The van der Waals surface area contributed by atoms with Crippen molar-refractivity contribution in [1.82, 2.24) is 4.90 Å². The van der Waals surface area contributed by atoms with Crippen molar-refractivity contribution in [2.75, 3.05) is 0 Å². The maximum atomic E-state index is 13.0. The summed E-state index contributed by atoms with van der Waals surface area (Å²) in [6.45, 7) is 0.324. The fourth-order valence-corrected chi connectivity index (χ4v) is 4.98. The summed E-state index contributed by atoms with van der Waals surface area (Å²) in [5.74, 6) is 0.165. The van der Waals surface area contributed by atoms with Crippen LogP contribution >= 0.6 is 62.5 Å². The van der Waals surface area contributed by atoms with Crippen molar-refractivity contribution in [3.63, 3.8) is 0 Å². The molecule has 33 heavy (non-hydrogen) atoms. The van der Waals surface area contributed by atoms with Crippen LogP contribution < -0.4 is 4.74 Å². The van der Waals surface area contributed by atoms with Crippen LogP contribution in [-0.4, -0.2) is 16.0 Å². The Bertz CT molecular complexity index is 1240. The van der Waals surface area contributed by atoms with Gasteiger partial charge in [-0.2, -0.15) is 0 Å². The number of benzene rings is 3. The number of thioether (sulfide) groups is 1. The largest absolute Gasteiger partial charge is 0.488 e. The number of halogens is 4. The van der Waals surface area contributed by atoms with Crippen molar-refractivity contribution in [2.24, 2.45) is 0 Å². The molecule has 1 aliphatic heterocycles. The molecule has 1 saturated heterocycles. The molecular weight excluding hydrogens is 569 g/mol. The fraction of sp³-hybridized carbons (Fsp3) is 0.0833. The Labute approximate surface area is 218 Å². The van der Waals surface area contributed by atoms with Crippen molar-refractivity contribution in [1.29, 1.82) is 0 Å². The predicted octanol–water partition coefficient (Wildman–Crippen LogP) is 8.22. The molecule has 0 radical (unpaired) electrons. The van der Waals surface area contributed by atoms with Crippen LogP contribution in [0.4, 0.5) is 4.79 Å². The second-order valence-electron chi connectivity index (χ2n) is 7.07. The lowest BCUT2D eigenvalue weighted by Crippen LogP contribution is -2.27. The van der Waals surface area contributed by atoms with Crippen molar-refractivity contribution in [2.45, 2.75) is 13.2 Å². The Balaban J connectivity index is 1.57. The quantitative estimate of drug-likeness (QED) is 0.274. The summed E-state index contributed by atoms with van der Waals surface area (Å²) >= 11 is 22.7. The van der Waals surface area contributed by atoms with Gasteiger partial charge in [-0.1, -0.05) is 68.9 Å². The van der Waals surface area contributed by atoms with E-state index in [1.165, 1.54) is 0 Å². The molecule has 0 aromatic heterocycles. The minimum Gasteiger partial charge on any atom is -0.488 e. The predicted molar refractivity (Wildman–Crippen MR) is 138 cm³/mol. The molecule has 0 N–H and O–H groups in total. The van der Waals surface area contributed by atoms with Gasteiger partial charge in [0.2, 0.25) is 0 Å². The van der Waals surface area contributed by atoms with E-state index in [1.54, 1.807) is 42.5 Å². The van der Waals surface area contributed by atoms with Crippen LogP contribution in [0.25, 0.3) is 6.08 Å². The number of carbonyl (C=O) groups is 2. The number of hydrogen-bond donors (Lipinski definition) is 0. The molecule has 0 atom stereocenters. The summed E-state index contributed by atoms with van der Waals surface area (Å²) in [6.07, 6.45) is 1.65. The lowest BCUT2D eigenvalue weighted by molar-refractivity contribution is -0.123. The summed E-state index contributed by atoms with van der Waals surface area (Å²) in [6, 6.07) is 17.9. The molecule has 1 heterocycles. The zero-order chi connectivity index (χ0) is 23.5. The molecule has 0 spiro atoms. The number of imide groups is 1. The minimum absolute atomic E-state index is 0.00107. The zero-order valence-corrected chi connectivity index (χ0v) is 21.5. The first kappa shape index (κ1) is 24.2. The topological polar surface area (TPSA) is 46.6 Å². The molecule has 9 heteroatoms. The Hall–Kier alpha value is -1.96. The van der Waals surface area contributed by atoms with Gasteiger partial charge in [0.25, 0.3) is 11.1 Å². The smallest absolute Gasteiger partial charge is 0.293 e. The third-order valence-electron chi connectivity index (χ3n) is 4.82. The molecule has 1 aliphatic rings. The normalized spacial score (nSPS) is 14.9. The molecule has 0 saturated carbocycles. The second kappa shape index (κ2) is 10.5. The molecule has 4 nitrogen and oxygen atoms in total. The number of carbonyl (C=O) groups excluding carboxylic acids is 2. The molecule has 3 aromatic carbocycles. The van der Waals surface area contributed by atoms with Crippen LogP contribution in [0.15, 0.2) is 70.0 Å². The average molecular weight is 584 g/mol. The first-order valence-electron chi connectivity index (χ1n) is 9.67. The Kier molecular flexibility index (Phi) is 7.72. The van der Waals surface area contributed by atoms with Gasteiger partial charge in [0.05, 0.1) is 11.4 Å². The van der Waals surface area contributed by atoms with E-state index in [9.17, 15) is 9.59 Å². The lowest BCUT2D eigenvalue weighted by atomic mass is 10.1. The highest BCUT2D eigenvalue weighted by atomic mass is 79.9. The van der Waals surface area contributed by atoms with Crippen molar-refractivity contribution in [3.05, 3.63) is 102 Å². The van der Waals surface area contributed by atoms with Gasteiger partial charge in [-0.3, -0.25) is 14.5 Å². The van der Waals surface area contributed by atoms with E-state index in [1.807, 2.05) is 24.3 Å². The van der Waals surface area contributed by atoms with E-state index in [0.29, 0.717) is 38.6 Å². The number of ether oxygens (including phenoxy) is 1. The van der Waals surface area contributed by atoms with Gasteiger partial charge in [0.15, 0.2) is 0 Å². The third-order valence-corrected chi connectivity index (χ3v) is 7.18. The Morgan fingerprint density at radius 3 is 2.36 bits per heavy atom. The van der Waals surface area contributed by atoms with Gasteiger partial charge in [-0.05, 0) is 65.9 Å². The Morgan fingerprint density at radius 1 is 0.970 bits per heavy atom. The number of amides is 2. The van der Waals surface area contributed by atoms with E-state index in [2.05, 4.69) is 15.9 Å². The van der Waals surface area contributed by atoms with Crippen molar-refractivity contribution in [3.8, 4) is 5.75 Å². The van der Waals surface area contributed by atoms with E-state index in [0.717, 1.165) is 26.7 Å². The maximum Gasteiger partial charge on any atom is 0.293 e. The van der Waals surface area contributed by atoms with Crippen LogP contribution in [0.3, 0.4) is 0 Å². The molecule has 168 valence electrons. The van der Waals surface area contributed by atoms with Gasteiger partial charge < -0.3 is 4.74 Å². The third kappa shape index (κ3) is 5.76. The summed E-state index contributed by atoms with van der Waals surface area (Å²) < 4.78 is 6.80. The van der Waals surface area contributed by atoms with E-state index < -0.39 is 5.91 Å². The summed E-state index contributed by atoms with van der Waals surface area (Å²) in [4.78, 5) is 27.0. The van der Waals surface area contributed by atoms with Crippen LogP contribution in [-0.2, 0) is 17.9 Å². The molecular formula is C24H15BrCl3NO3S. The van der Waals surface area contributed by atoms with Crippen LogP contribution in [0, 0.1) is 0 Å². The number of rotatable bonds is 6. The van der Waals surface area contributed by atoms with Gasteiger partial charge >= 0.3 is 0 Å². The Morgan fingerprint density at radius 2 is 1.67 bits per heavy atom. The number of nitrogens with zero attached hydrogens (tertiary/aromatic N) is 1. The SMILES string of the molecule is O=C1S/C(=C\c2cc(Br)ccc2OCc2ccc(Cl)cc2)C(=O)N1Cc1c(Cl)cccc1Cl. The molecule has 0 bridgehead atoms. The summed E-state index contributed by atoms with van der Waals surface area (Å²) in [5, 5.41) is 1.06. The number of hydrogen-bond acceptors (Lipinski definition) is 4. The van der Waals surface area contributed by atoms with Crippen molar-refractivity contribution < 1.29 is 14.3 Å². The maximum absolute atomic E-state index is 13.0. The van der Waals surface area contributed by atoms with E-state index in [4.69, 9.17) is 39.5 Å². The standard InChI is InChI=1S/C24H15BrCl3NO3S/c25-16-6-9-21(32-13-14-4-7-17(26)8-5-14)15(10-16)11-22-23(30)29(24(31)33-22)12-18-19(27)2-1-3-20(18)28/h1-11H,12-13H2/b22-11-.